The van der Waals surface area contributed by atoms with Crippen LogP contribution in [-0.2, 0) is 9.59 Å². The molecule has 0 fully saturated rings. The lowest BCUT2D eigenvalue weighted by Gasteiger charge is -2.06. The van der Waals surface area contributed by atoms with E-state index < -0.39 is 6.43 Å². The van der Waals surface area contributed by atoms with E-state index in [9.17, 15) is 18.4 Å². The minimum Gasteiger partial charge on any atom is -0.325 e. The van der Waals surface area contributed by atoms with Crippen LogP contribution in [0.15, 0.2) is 46.9 Å². The Balaban J connectivity index is 1.46. The fourth-order valence-electron chi connectivity index (χ4n) is 2.23. The Labute approximate surface area is 177 Å². The molecule has 0 aliphatic heterocycles. The molecule has 6 nitrogen and oxygen atoms in total. The third-order valence-electron chi connectivity index (χ3n) is 3.38. The Morgan fingerprint density at radius 3 is 2.62 bits per heavy atom. The Morgan fingerprint density at radius 2 is 1.90 bits per heavy atom. The summed E-state index contributed by atoms with van der Waals surface area (Å²) >= 11 is 3.51. The van der Waals surface area contributed by atoms with Gasteiger partial charge in [-0.2, -0.15) is 0 Å². The van der Waals surface area contributed by atoms with Gasteiger partial charge in [0, 0.05) is 11.9 Å². The number of aromatic nitrogens is 2. The molecule has 0 aliphatic carbocycles. The van der Waals surface area contributed by atoms with E-state index in [0.29, 0.717) is 21.4 Å². The van der Waals surface area contributed by atoms with E-state index in [1.807, 2.05) is 0 Å². The SMILES string of the molecule is O=C(CSCC(=O)Nc1ccccn1)Nc1ccc2nc(SCC(F)F)sc2c1. The number of carbonyl (C=O) groups excluding carboxylic acids is 2. The molecule has 0 bridgehead atoms. The molecule has 0 atom stereocenters. The minimum absolute atomic E-state index is 0.117. The van der Waals surface area contributed by atoms with Gasteiger partial charge in [0.15, 0.2) is 4.34 Å². The lowest BCUT2D eigenvalue weighted by Crippen LogP contribution is -2.18. The Bertz CT molecular complexity index is 986. The number of alkyl halides is 2. The number of amides is 2. The molecule has 2 heterocycles. The van der Waals surface area contributed by atoms with Crippen LogP contribution in [0.25, 0.3) is 10.2 Å². The van der Waals surface area contributed by atoms with Gasteiger partial charge in [-0.05, 0) is 30.3 Å². The second kappa shape index (κ2) is 10.5. The average Bonchev–Trinajstić information content (AvgIpc) is 3.09. The highest BCUT2D eigenvalue weighted by Crippen LogP contribution is 2.32. The molecule has 0 spiro atoms. The lowest BCUT2D eigenvalue weighted by atomic mass is 10.3. The van der Waals surface area contributed by atoms with E-state index in [1.54, 1.807) is 42.6 Å². The van der Waals surface area contributed by atoms with Crippen molar-refractivity contribution in [3.63, 3.8) is 0 Å². The number of carbonyl (C=O) groups is 2. The quantitative estimate of drug-likeness (QED) is 0.468. The second-order valence-corrected chi connectivity index (χ2v) is 8.95. The van der Waals surface area contributed by atoms with E-state index in [-0.39, 0.29) is 29.1 Å². The molecule has 3 aromatic rings. The number of hydrogen-bond acceptors (Lipinski definition) is 7. The van der Waals surface area contributed by atoms with Crippen molar-refractivity contribution in [1.29, 1.82) is 0 Å². The number of rotatable bonds is 9. The topological polar surface area (TPSA) is 84.0 Å². The maximum absolute atomic E-state index is 12.3. The zero-order chi connectivity index (χ0) is 20.6. The first-order valence-corrected chi connectivity index (χ1v) is 11.4. The van der Waals surface area contributed by atoms with E-state index in [0.717, 1.165) is 16.5 Å². The average molecular weight is 455 g/mol. The first kappa shape index (κ1) is 21.5. The number of fused-ring (bicyclic) bond motifs is 1. The zero-order valence-corrected chi connectivity index (χ0v) is 17.4. The fourth-order valence-corrected chi connectivity index (χ4v) is 4.72. The molecule has 3 rings (SSSR count). The van der Waals surface area contributed by atoms with Gasteiger partial charge < -0.3 is 10.6 Å². The summed E-state index contributed by atoms with van der Waals surface area (Å²) in [6.07, 6.45) is -0.804. The molecule has 2 aromatic heterocycles. The number of nitrogens with zero attached hydrogens (tertiary/aromatic N) is 2. The largest absolute Gasteiger partial charge is 0.325 e. The van der Waals surface area contributed by atoms with Crippen molar-refractivity contribution in [2.24, 2.45) is 0 Å². The van der Waals surface area contributed by atoms with Crippen molar-refractivity contribution >= 4 is 68.4 Å². The number of nitrogens with one attached hydrogen (secondary N) is 2. The maximum Gasteiger partial charge on any atom is 0.248 e. The number of thioether (sulfide) groups is 2. The monoisotopic (exact) mass is 454 g/mol. The van der Waals surface area contributed by atoms with Gasteiger partial charge in [0.1, 0.15) is 5.82 Å². The van der Waals surface area contributed by atoms with Crippen molar-refractivity contribution < 1.29 is 18.4 Å². The van der Waals surface area contributed by atoms with E-state index in [1.165, 1.54) is 23.1 Å². The van der Waals surface area contributed by atoms with Gasteiger partial charge in [0.05, 0.1) is 27.5 Å². The van der Waals surface area contributed by atoms with Gasteiger partial charge in [-0.25, -0.2) is 18.7 Å². The zero-order valence-electron chi connectivity index (χ0n) is 14.9. The predicted molar refractivity (Wildman–Crippen MR) is 115 cm³/mol. The summed E-state index contributed by atoms with van der Waals surface area (Å²) in [5, 5.41) is 5.41. The highest BCUT2D eigenvalue weighted by atomic mass is 32.2. The smallest absolute Gasteiger partial charge is 0.248 e. The molecule has 0 saturated heterocycles. The van der Waals surface area contributed by atoms with E-state index >= 15 is 0 Å². The van der Waals surface area contributed by atoms with Crippen LogP contribution in [0.3, 0.4) is 0 Å². The van der Waals surface area contributed by atoms with Crippen LogP contribution in [0.4, 0.5) is 20.3 Å². The number of hydrogen-bond donors (Lipinski definition) is 2. The molecule has 0 radical (unpaired) electrons. The highest BCUT2D eigenvalue weighted by Gasteiger charge is 2.11. The van der Waals surface area contributed by atoms with E-state index in [2.05, 4.69) is 20.6 Å². The number of benzene rings is 1. The third-order valence-corrected chi connectivity index (χ3v) is 6.49. The normalized spacial score (nSPS) is 11.0. The van der Waals surface area contributed by atoms with Crippen molar-refractivity contribution in [2.45, 2.75) is 10.8 Å². The van der Waals surface area contributed by atoms with Crippen LogP contribution in [0.2, 0.25) is 0 Å². The standard InChI is InChI=1S/C18H16F2N4O2S3/c19-14(20)8-28-18-23-12-5-4-11(7-13(12)29-18)22-16(25)9-27-10-17(26)24-15-3-1-2-6-21-15/h1-7,14H,8-10H2,(H,22,25)(H,21,24,26). The van der Waals surface area contributed by atoms with Crippen LogP contribution < -0.4 is 10.6 Å². The van der Waals surface area contributed by atoms with Crippen LogP contribution >= 0.6 is 34.9 Å². The molecule has 2 amide bonds. The summed E-state index contributed by atoms with van der Waals surface area (Å²) in [5.74, 6) is -0.0621. The van der Waals surface area contributed by atoms with Crippen LogP contribution in [0.1, 0.15) is 0 Å². The van der Waals surface area contributed by atoms with Gasteiger partial charge in [-0.3, -0.25) is 9.59 Å². The number of pyridine rings is 1. The summed E-state index contributed by atoms with van der Waals surface area (Å²) in [4.78, 5) is 32.2. The fraction of sp³-hybridized carbons (Fsp3) is 0.222. The number of thiazole rings is 1. The van der Waals surface area contributed by atoms with Crippen molar-refractivity contribution in [2.75, 3.05) is 27.9 Å². The number of halogens is 2. The van der Waals surface area contributed by atoms with Crippen LogP contribution in [0.5, 0.6) is 0 Å². The molecule has 29 heavy (non-hydrogen) atoms. The first-order chi connectivity index (χ1) is 14.0. The summed E-state index contributed by atoms with van der Waals surface area (Å²) in [6, 6.07) is 10.4. The summed E-state index contributed by atoms with van der Waals surface area (Å²) in [7, 11) is 0. The molecule has 1 aromatic carbocycles. The molecule has 11 heteroatoms. The maximum atomic E-state index is 12.3. The Morgan fingerprint density at radius 1 is 1.10 bits per heavy atom. The van der Waals surface area contributed by atoms with Gasteiger partial charge in [-0.1, -0.05) is 17.8 Å². The van der Waals surface area contributed by atoms with Crippen molar-refractivity contribution in [3.8, 4) is 0 Å². The molecule has 152 valence electrons. The highest BCUT2D eigenvalue weighted by molar-refractivity contribution is 8.01. The Kier molecular flexibility index (Phi) is 7.78. The molecule has 0 saturated carbocycles. The molecule has 0 unspecified atom stereocenters. The lowest BCUT2D eigenvalue weighted by molar-refractivity contribution is -0.114. The number of anilines is 2. The van der Waals surface area contributed by atoms with Gasteiger partial charge in [0.2, 0.25) is 18.2 Å². The van der Waals surface area contributed by atoms with E-state index in [4.69, 9.17) is 0 Å². The van der Waals surface area contributed by atoms with Crippen LogP contribution in [-0.4, -0.2) is 45.5 Å². The van der Waals surface area contributed by atoms with Gasteiger partial charge in [0.25, 0.3) is 0 Å². The first-order valence-electron chi connectivity index (χ1n) is 8.39. The van der Waals surface area contributed by atoms with Gasteiger partial charge in [-0.15, -0.1) is 23.1 Å². The predicted octanol–water partition coefficient (Wildman–Crippen LogP) is 4.36. The van der Waals surface area contributed by atoms with Gasteiger partial charge >= 0.3 is 0 Å². The molecular weight excluding hydrogens is 438 g/mol. The molecule has 2 N–H and O–H groups in total. The van der Waals surface area contributed by atoms with Crippen molar-refractivity contribution in [1.82, 2.24) is 9.97 Å². The Hall–Kier alpha value is -2.24. The molecule has 0 aliphatic rings. The third kappa shape index (κ3) is 6.94. The second-order valence-electron chi connectivity index (χ2n) is 5.67. The summed E-state index contributed by atoms with van der Waals surface area (Å²) in [6.45, 7) is 0. The summed E-state index contributed by atoms with van der Waals surface area (Å²) < 4.78 is 26.0. The van der Waals surface area contributed by atoms with Crippen LogP contribution in [0, 0.1) is 0 Å². The van der Waals surface area contributed by atoms with Crippen molar-refractivity contribution in [3.05, 3.63) is 42.6 Å². The minimum atomic E-state index is -2.38. The summed E-state index contributed by atoms with van der Waals surface area (Å²) in [5.41, 5.74) is 1.29. The molecular formula is C18H16F2N4O2S3.